The molecule has 4 nitrogen and oxygen atoms in total. The van der Waals surface area contributed by atoms with E-state index >= 15 is 0 Å². The van der Waals surface area contributed by atoms with Crippen LogP contribution in [0.5, 0.6) is 0 Å². The summed E-state index contributed by atoms with van der Waals surface area (Å²) < 4.78 is 6.26. The van der Waals surface area contributed by atoms with Crippen LogP contribution in [0.2, 0.25) is 0 Å². The minimum Gasteiger partial charge on any atom is -0.399 e. The van der Waals surface area contributed by atoms with Gasteiger partial charge in [-0.1, -0.05) is 21.1 Å². The first-order valence-electron chi connectivity index (χ1n) is 5.82. The number of nitrogen functional groups attached to an aromatic ring is 1. The zero-order valence-electron chi connectivity index (χ0n) is 10.0. The average Bonchev–Trinajstić information content (AvgIpc) is 2.88. The Kier molecular flexibility index (Phi) is 4.04. The SMILES string of the molecule is Nc1cc(Br)cc(-c2nc(C3CSCCS3)no2)c1. The normalized spacial score (nSPS) is 19.5. The number of thioether (sulfide) groups is 2. The van der Waals surface area contributed by atoms with Crippen molar-refractivity contribution in [2.75, 3.05) is 23.0 Å². The molecule has 1 unspecified atom stereocenters. The van der Waals surface area contributed by atoms with Crippen molar-refractivity contribution < 1.29 is 4.52 Å². The van der Waals surface area contributed by atoms with Gasteiger partial charge in [0.2, 0.25) is 0 Å². The summed E-state index contributed by atoms with van der Waals surface area (Å²) in [5.41, 5.74) is 7.34. The summed E-state index contributed by atoms with van der Waals surface area (Å²) in [4.78, 5) is 4.50. The van der Waals surface area contributed by atoms with Gasteiger partial charge in [-0.3, -0.25) is 0 Å². The van der Waals surface area contributed by atoms with E-state index in [1.807, 2.05) is 41.7 Å². The van der Waals surface area contributed by atoms with E-state index in [-0.39, 0.29) is 0 Å². The zero-order chi connectivity index (χ0) is 13.2. The lowest BCUT2D eigenvalue weighted by Crippen LogP contribution is -2.07. The van der Waals surface area contributed by atoms with Crippen LogP contribution < -0.4 is 5.73 Å². The van der Waals surface area contributed by atoms with E-state index in [0.717, 1.165) is 27.4 Å². The highest BCUT2D eigenvalue weighted by Gasteiger charge is 2.22. The number of anilines is 1. The molecule has 1 aliphatic rings. The third-order valence-electron chi connectivity index (χ3n) is 2.71. The van der Waals surface area contributed by atoms with Crippen molar-refractivity contribution in [1.82, 2.24) is 10.1 Å². The van der Waals surface area contributed by atoms with Gasteiger partial charge in [-0.15, -0.1) is 11.8 Å². The molecule has 1 saturated heterocycles. The summed E-state index contributed by atoms with van der Waals surface area (Å²) in [6.45, 7) is 0. The second-order valence-electron chi connectivity index (χ2n) is 4.17. The molecule has 0 bridgehead atoms. The molecule has 0 saturated carbocycles. The lowest BCUT2D eigenvalue weighted by Gasteiger charge is -2.16. The van der Waals surface area contributed by atoms with Crippen LogP contribution in [0.4, 0.5) is 5.69 Å². The van der Waals surface area contributed by atoms with Crippen molar-refractivity contribution in [3.63, 3.8) is 0 Å². The number of aromatic nitrogens is 2. The molecule has 2 aromatic rings. The van der Waals surface area contributed by atoms with Gasteiger partial charge in [-0.2, -0.15) is 16.7 Å². The Morgan fingerprint density at radius 3 is 2.95 bits per heavy atom. The molecule has 1 aromatic heterocycles. The van der Waals surface area contributed by atoms with Gasteiger partial charge in [-0.05, 0) is 18.2 Å². The van der Waals surface area contributed by atoms with Crippen LogP contribution in [-0.4, -0.2) is 27.4 Å². The van der Waals surface area contributed by atoms with Crippen molar-refractivity contribution in [3.05, 3.63) is 28.5 Å². The molecule has 2 N–H and O–H groups in total. The van der Waals surface area contributed by atoms with Crippen LogP contribution in [0.1, 0.15) is 11.1 Å². The summed E-state index contributed by atoms with van der Waals surface area (Å²) in [6.07, 6.45) is 0. The Hall–Kier alpha value is -0.660. The monoisotopic (exact) mass is 357 g/mol. The largest absolute Gasteiger partial charge is 0.399 e. The third-order valence-corrected chi connectivity index (χ3v) is 5.92. The topological polar surface area (TPSA) is 64.9 Å². The number of nitrogens with zero attached hydrogens (tertiary/aromatic N) is 2. The first kappa shape index (κ1) is 13.3. The Bertz CT molecular complexity index is 564. The highest BCUT2D eigenvalue weighted by molar-refractivity contribution is 9.10. The molecule has 2 heterocycles. The Morgan fingerprint density at radius 1 is 1.32 bits per heavy atom. The fraction of sp³-hybridized carbons (Fsp3) is 0.333. The minimum atomic E-state index is 0.334. The van der Waals surface area contributed by atoms with E-state index in [1.54, 1.807) is 0 Å². The molecule has 0 amide bonds. The van der Waals surface area contributed by atoms with Crippen LogP contribution in [-0.2, 0) is 0 Å². The van der Waals surface area contributed by atoms with Gasteiger partial charge < -0.3 is 10.3 Å². The van der Waals surface area contributed by atoms with Crippen molar-refractivity contribution in [2.45, 2.75) is 5.25 Å². The van der Waals surface area contributed by atoms with E-state index in [4.69, 9.17) is 10.3 Å². The van der Waals surface area contributed by atoms with Crippen LogP contribution in [0.25, 0.3) is 11.5 Å². The molecule has 1 aromatic carbocycles. The Labute approximate surface area is 128 Å². The van der Waals surface area contributed by atoms with E-state index in [0.29, 0.717) is 16.8 Å². The highest BCUT2D eigenvalue weighted by atomic mass is 79.9. The lowest BCUT2D eigenvalue weighted by molar-refractivity contribution is 0.423. The van der Waals surface area contributed by atoms with Gasteiger partial charge in [0.25, 0.3) is 5.89 Å². The Morgan fingerprint density at radius 2 is 2.21 bits per heavy atom. The quantitative estimate of drug-likeness (QED) is 0.828. The molecule has 0 radical (unpaired) electrons. The van der Waals surface area contributed by atoms with Gasteiger partial charge in [0.05, 0.1) is 5.25 Å². The summed E-state index contributed by atoms with van der Waals surface area (Å²) in [7, 11) is 0. The van der Waals surface area contributed by atoms with Crippen molar-refractivity contribution >= 4 is 45.1 Å². The van der Waals surface area contributed by atoms with Gasteiger partial charge in [-0.25, -0.2) is 0 Å². The number of hydrogen-bond acceptors (Lipinski definition) is 6. The molecule has 1 atom stereocenters. The van der Waals surface area contributed by atoms with Crippen LogP contribution in [0.3, 0.4) is 0 Å². The van der Waals surface area contributed by atoms with E-state index in [1.165, 1.54) is 5.75 Å². The Balaban J connectivity index is 1.87. The molecule has 7 heteroatoms. The first-order chi connectivity index (χ1) is 9.22. The van der Waals surface area contributed by atoms with E-state index < -0.39 is 0 Å². The maximum Gasteiger partial charge on any atom is 0.258 e. The number of rotatable bonds is 2. The smallest absolute Gasteiger partial charge is 0.258 e. The summed E-state index contributed by atoms with van der Waals surface area (Å²) in [5.74, 6) is 4.70. The summed E-state index contributed by atoms with van der Waals surface area (Å²) in [5, 5.41) is 4.43. The number of nitrogens with two attached hydrogens (primary N) is 1. The lowest BCUT2D eigenvalue weighted by atomic mass is 10.2. The molecular formula is C12H12BrN3OS2. The van der Waals surface area contributed by atoms with Crippen molar-refractivity contribution in [1.29, 1.82) is 0 Å². The maximum absolute atomic E-state index is 5.82. The molecule has 0 spiro atoms. The van der Waals surface area contributed by atoms with Crippen molar-refractivity contribution in [2.24, 2.45) is 0 Å². The average molecular weight is 358 g/mol. The predicted molar refractivity (Wildman–Crippen MR) is 84.4 cm³/mol. The zero-order valence-corrected chi connectivity index (χ0v) is 13.2. The second-order valence-corrected chi connectivity index (χ2v) is 7.54. The highest BCUT2D eigenvalue weighted by Crippen LogP contribution is 2.36. The summed E-state index contributed by atoms with van der Waals surface area (Å²) in [6, 6.07) is 5.61. The predicted octanol–water partition coefficient (Wildman–Crippen LogP) is 3.60. The molecule has 0 aliphatic carbocycles. The molecular weight excluding hydrogens is 346 g/mol. The molecule has 3 rings (SSSR count). The summed E-state index contributed by atoms with van der Waals surface area (Å²) >= 11 is 7.25. The standard InChI is InChI=1S/C12H12BrN3OS2/c13-8-3-7(4-9(14)5-8)12-15-11(16-17-12)10-6-18-1-2-19-10/h3-5,10H,1-2,6,14H2. The number of halogens is 1. The first-order valence-corrected chi connectivity index (χ1v) is 8.81. The number of hydrogen-bond donors (Lipinski definition) is 1. The molecule has 100 valence electrons. The third kappa shape index (κ3) is 3.09. The molecule has 19 heavy (non-hydrogen) atoms. The molecule has 1 aliphatic heterocycles. The van der Waals surface area contributed by atoms with Crippen molar-refractivity contribution in [3.8, 4) is 11.5 Å². The number of benzene rings is 1. The fourth-order valence-electron chi connectivity index (χ4n) is 1.86. The van der Waals surface area contributed by atoms with E-state index in [2.05, 4.69) is 26.1 Å². The fourth-order valence-corrected chi connectivity index (χ4v) is 4.96. The van der Waals surface area contributed by atoms with E-state index in [9.17, 15) is 0 Å². The van der Waals surface area contributed by atoms with Gasteiger partial charge in [0.1, 0.15) is 0 Å². The second kappa shape index (κ2) is 5.76. The maximum atomic E-state index is 5.82. The minimum absolute atomic E-state index is 0.334. The van der Waals surface area contributed by atoms with Crippen LogP contribution >= 0.6 is 39.5 Å². The molecule has 1 fully saturated rings. The van der Waals surface area contributed by atoms with Crippen LogP contribution in [0.15, 0.2) is 27.2 Å². The van der Waals surface area contributed by atoms with Crippen LogP contribution in [0, 0.1) is 0 Å². The van der Waals surface area contributed by atoms with Gasteiger partial charge in [0, 0.05) is 33.0 Å². The van der Waals surface area contributed by atoms with Gasteiger partial charge in [0.15, 0.2) is 5.82 Å². The van der Waals surface area contributed by atoms with Gasteiger partial charge >= 0.3 is 0 Å².